The van der Waals surface area contributed by atoms with Crippen LogP contribution < -0.4 is 10.6 Å². The van der Waals surface area contributed by atoms with E-state index in [0.29, 0.717) is 39.8 Å². The number of carbonyl (C=O) groups excluding carboxylic acids is 2. The summed E-state index contributed by atoms with van der Waals surface area (Å²) in [7, 11) is 0. The van der Waals surface area contributed by atoms with E-state index in [-0.39, 0.29) is 22.9 Å². The molecule has 1 aromatic carbocycles. The van der Waals surface area contributed by atoms with Gasteiger partial charge in [-0.2, -0.15) is 10.2 Å². The normalized spacial score (nSPS) is 13.3. The number of pyridine rings is 1. The molecule has 1 aliphatic rings. The van der Waals surface area contributed by atoms with Crippen LogP contribution in [0.2, 0.25) is 5.02 Å². The Morgan fingerprint density at radius 2 is 2.12 bits per heavy atom. The van der Waals surface area contributed by atoms with Crippen molar-refractivity contribution in [2.45, 2.75) is 45.6 Å². The molecule has 4 aromatic rings. The number of hydrogen-bond donors (Lipinski definition) is 3. The summed E-state index contributed by atoms with van der Waals surface area (Å²) in [6, 6.07) is 4.63. The molecule has 0 radical (unpaired) electrons. The second-order valence-corrected chi connectivity index (χ2v) is 8.23. The van der Waals surface area contributed by atoms with Crippen molar-refractivity contribution in [2.24, 2.45) is 0 Å². The van der Waals surface area contributed by atoms with E-state index in [1.54, 1.807) is 49.0 Å². The van der Waals surface area contributed by atoms with Crippen molar-refractivity contribution in [3.63, 3.8) is 0 Å². The van der Waals surface area contributed by atoms with Gasteiger partial charge in [0.15, 0.2) is 5.82 Å². The number of aromatic amines is 1. The van der Waals surface area contributed by atoms with Crippen LogP contribution in [-0.2, 0) is 9.59 Å². The lowest BCUT2D eigenvalue weighted by Gasteiger charge is -2.18. The first-order valence-corrected chi connectivity index (χ1v) is 11.2. The van der Waals surface area contributed by atoms with E-state index in [1.807, 2.05) is 0 Å². The first-order chi connectivity index (χ1) is 15.9. The molecule has 1 saturated carbocycles. The number of H-pyrrole nitrogens is 1. The van der Waals surface area contributed by atoms with E-state index in [2.05, 4.69) is 25.9 Å². The standard InChI is InChI=1S/C20H18ClFN6O2.C3H6/c1-3-15(30)25-10(2)16-19(22)18(21)17(13-8-24-26-20(13)16)11-4-5-28-12(6-11)7-14(27-28)23-9-29;1-2-3-1/h4-10H,3H2,1-2H3,(H,24,26)(H,25,30)(H,23,27,29);1-3H2. The molecule has 1 atom stereocenters. The topological polar surface area (TPSA) is 104 Å². The summed E-state index contributed by atoms with van der Waals surface area (Å²) in [5.41, 5.74) is 2.54. The molecule has 2 amide bonds. The molecule has 0 bridgehead atoms. The Hall–Kier alpha value is -3.46. The van der Waals surface area contributed by atoms with Gasteiger partial charge in [-0.05, 0) is 24.6 Å². The van der Waals surface area contributed by atoms with E-state index in [9.17, 15) is 9.59 Å². The molecule has 0 spiro atoms. The number of rotatable bonds is 6. The molecule has 0 saturated heterocycles. The number of halogens is 2. The van der Waals surface area contributed by atoms with Crippen LogP contribution in [0.4, 0.5) is 10.2 Å². The molecule has 172 valence electrons. The van der Waals surface area contributed by atoms with Gasteiger partial charge in [0.05, 0.1) is 28.3 Å². The van der Waals surface area contributed by atoms with Gasteiger partial charge in [0.2, 0.25) is 12.3 Å². The first-order valence-electron chi connectivity index (χ1n) is 10.8. The lowest BCUT2D eigenvalue weighted by molar-refractivity contribution is -0.121. The highest BCUT2D eigenvalue weighted by Crippen LogP contribution is 2.41. The zero-order valence-corrected chi connectivity index (χ0v) is 19.0. The number of anilines is 1. The molecule has 10 heteroatoms. The van der Waals surface area contributed by atoms with Crippen molar-refractivity contribution in [2.75, 3.05) is 5.32 Å². The fraction of sp³-hybridized carbons (Fsp3) is 0.304. The molecule has 1 aliphatic carbocycles. The Bertz CT molecular complexity index is 1330. The molecule has 3 aromatic heterocycles. The molecule has 3 N–H and O–H groups in total. The van der Waals surface area contributed by atoms with Gasteiger partial charge in [0, 0.05) is 35.2 Å². The highest BCUT2D eigenvalue weighted by molar-refractivity contribution is 6.35. The molecule has 1 fully saturated rings. The minimum Gasteiger partial charge on any atom is -0.349 e. The predicted molar refractivity (Wildman–Crippen MR) is 126 cm³/mol. The van der Waals surface area contributed by atoms with E-state index < -0.39 is 11.9 Å². The molecule has 3 heterocycles. The Labute approximate surface area is 194 Å². The van der Waals surface area contributed by atoms with Crippen LogP contribution in [0.15, 0.2) is 30.6 Å². The van der Waals surface area contributed by atoms with Crippen LogP contribution in [0.1, 0.15) is 51.1 Å². The summed E-state index contributed by atoms with van der Waals surface area (Å²) in [4.78, 5) is 22.5. The monoisotopic (exact) mass is 470 g/mol. The number of nitrogens with zero attached hydrogens (tertiary/aromatic N) is 3. The van der Waals surface area contributed by atoms with E-state index in [0.717, 1.165) is 0 Å². The lowest BCUT2D eigenvalue weighted by Crippen LogP contribution is -2.26. The third-order valence-corrected chi connectivity index (χ3v) is 5.63. The number of nitrogens with one attached hydrogen (secondary N) is 3. The Balaban J connectivity index is 0.000000799. The van der Waals surface area contributed by atoms with Crippen molar-refractivity contribution in [3.8, 4) is 11.1 Å². The van der Waals surface area contributed by atoms with Crippen molar-refractivity contribution in [1.82, 2.24) is 25.1 Å². The predicted octanol–water partition coefficient (Wildman–Crippen LogP) is 5.00. The zero-order chi connectivity index (χ0) is 23.5. The molecule has 8 nitrogen and oxygen atoms in total. The summed E-state index contributed by atoms with van der Waals surface area (Å²) in [5.74, 6) is -0.423. The van der Waals surface area contributed by atoms with Gasteiger partial charge in [0.25, 0.3) is 0 Å². The summed E-state index contributed by atoms with van der Waals surface area (Å²) in [5, 5.41) is 16.9. The minimum absolute atomic E-state index is 0.0633. The summed E-state index contributed by atoms with van der Waals surface area (Å²) >= 11 is 6.48. The Morgan fingerprint density at radius 1 is 1.36 bits per heavy atom. The molecule has 5 rings (SSSR count). The van der Waals surface area contributed by atoms with E-state index in [1.165, 1.54) is 19.3 Å². The Kier molecular flexibility index (Phi) is 6.60. The zero-order valence-electron chi connectivity index (χ0n) is 18.3. The van der Waals surface area contributed by atoms with Crippen LogP contribution in [-0.4, -0.2) is 32.1 Å². The average Bonchev–Trinajstić information content (AvgIpc) is 3.52. The number of fused-ring (bicyclic) bond motifs is 2. The van der Waals surface area contributed by atoms with Crippen LogP contribution in [0, 0.1) is 5.82 Å². The van der Waals surface area contributed by atoms with Crippen LogP contribution in [0.3, 0.4) is 0 Å². The highest BCUT2D eigenvalue weighted by atomic mass is 35.5. The highest BCUT2D eigenvalue weighted by Gasteiger charge is 2.25. The number of aromatic nitrogens is 4. The minimum atomic E-state index is -0.621. The summed E-state index contributed by atoms with van der Waals surface area (Å²) < 4.78 is 17.0. The number of hydrogen-bond acceptors (Lipinski definition) is 4. The summed E-state index contributed by atoms with van der Waals surface area (Å²) in [6.07, 6.45) is 8.60. The van der Waals surface area contributed by atoms with Crippen LogP contribution in [0.25, 0.3) is 27.5 Å². The largest absolute Gasteiger partial charge is 0.349 e. The number of benzene rings is 1. The van der Waals surface area contributed by atoms with Gasteiger partial charge >= 0.3 is 0 Å². The van der Waals surface area contributed by atoms with Crippen molar-refractivity contribution >= 4 is 46.2 Å². The van der Waals surface area contributed by atoms with Gasteiger partial charge in [-0.15, -0.1) is 0 Å². The maximum absolute atomic E-state index is 15.4. The molecule has 0 aliphatic heterocycles. The van der Waals surface area contributed by atoms with Crippen LogP contribution >= 0.6 is 11.6 Å². The summed E-state index contributed by atoms with van der Waals surface area (Å²) in [6.45, 7) is 3.42. The molecule has 1 unspecified atom stereocenters. The lowest BCUT2D eigenvalue weighted by atomic mass is 9.96. The average molecular weight is 471 g/mol. The second kappa shape index (κ2) is 9.58. The SMILES string of the molecule is C1CC1.CCC(=O)NC(C)c1c(F)c(Cl)c(-c2ccn3nc(NC=O)cc3c2)c2cn[nH]c12. The van der Waals surface area contributed by atoms with Crippen molar-refractivity contribution in [3.05, 3.63) is 47.0 Å². The van der Waals surface area contributed by atoms with Crippen molar-refractivity contribution < 1.29 is 14.0 Å². The molecule has 33 heavy (non-hydrogen) atoms. The van der Waals surface area contributed by atoms with Gasteiger partial charge in [0.1, 0.15) is 5.82 Å². The smallest absolute Gasteiger partial charge is 0.220 e. The second-order valence-electron chi connectivity index (χ2n) is 7.86. The van der Waals surface area contributed by atoms with E-state index >= 15 is 4.39 Å². The van der Waals surface area contributed by atoms with E-state index in [4.69, 9.17) is 11.6 Å². The van der Waals surface area contributed by atoms with Gasteiger partial charge < -0.3 is 10.6 Å². The van der Waals surface area contributed by atoms with Gasteiger partial charge in [-0.25, -0.2) is 8.91 Å². The van der Waals surface area contributed by atoms with Crippen molar-refractivity contribution in [1.29, 1.82) is 0 Å². The number of amides is 2. The number of carbonyl (C=O) groups is 2. The first kappa shape index (κ1) is 22.7. The van der Waals surface area contributed by atoms with Gasteiger partial charge in [-0.3, -0.25) is 14.7 Å². The van der Waals surface area contributed by atoms with Gasteiger partial charge in [-0.1, -0.05) is 37.8 Å². The fourth-order valence-electron chi connectivity index (χ4n) is 3.52. The molecular weight excluding hydrogens is 447 g/mol. The third-order valence-electron chi connectivity index (χ3n) is 5.27. The quantitative estimate of drug-likeness (QED) is 0.345. The van der Waals surface area contributed by atoms with Crippen LogP contribution in [0.5, 0.6) is 0 Å². The third kappa shape index (κ3) is 4.68. The maximum Gasteiger partial charge on any atom is 0.220 e. The Morgan fingerprint density at radius 3 is 2.79 bits per heavy atom. The maximum atomic E-state index is 15.4. The fourth-order valence-corrected chi connectivity index (χ4v) is 3.84. The molecular formula is C23H24ClFN6O2.